The summed E-state index contributed by atoms with van der Waals surface area (Å²) in [5.74, 6) is 0. The third-order valence-corrected chi connectivity index (χ3v) is 11.8. The van der Waals surface area contributed by atoms with Crippen LogP contribution in [0.2, 0.25) is 38.3 Å². The van der Waals surface area contributed by atoms with Crippen LogP contribution < -0.4 is 0 Å². The number of benzene rings is 2. The van der Waals surface area contributed by atoms with Crippen LogP contribution >= 0.6 is 0 Å². The van der Waals surface area contributed by atoms with Crippen molar-refractivity contribution in [3.05, 3.63) is 59.7 Å². The highest BCUT2D eigenvalue weighted by Gasteiger charge is 2.45. The molecule has 0 aromatic heterocycles. The van der Waals surface area contributed by atoms with E-state index in [0.29, 0.717) is 0 Å². The molecule has 0 N–H and O–H groups in total. The summed E-state index contributed by atoms with van der Waals surface area (Å²) in [6, 6.07) is 20.3. The fourth-order valence-electron chi connectivity index (χ4n) is 4.75. The molecule has 31 heavy (non-hydrogen) atoms. The summed E-state index contributed by atoms with van der Waals surface area (Å²) in [7, 11) is -3.44. The van der Waals surface area contributed by atoms with Crippen molar-refractivity contribution in [1.29, 1.82) is 0 Å². The molecule has 0 heterocycles. The van der Waals surface area contributed by atoms with Crippen molar-refractivity contribution in [1.82, 2.24) is 0 Å². The van der Waals surface area contributed by atoms with Gasteiger partial charge in [0.05, 0.1) is 5.41 Å². The lowest BCUT2D eigenvalue weighted by molar-refractivity contribution is 0.162. The molecule has 0 radical (unpaired) electrons. The Kier molecular flexibility index (Phi) is 8.01. The topological polar surface area (TPSA) is 18.5 Å². The predicted molar refractivity (Wildman–Crippen MR) is 139 cm³/mol. The second kappa shape index (κ2) is 10.2. The van der Waals surface area contributed by atoms with E-state index in [0.717, 1.165) is 13.2 Å². The van der Waals surface area contributed by atoms with Crippen LogP contribution in [0, 0.1) is 0 Å². The van der Waals surface area contributed by atoms with Crippen molar-refractivity contribution in [2.24, 2.45) is 0 Å². The van der Waals surface area contributed by atoms with Crippen molar-refractivity contribution >= 4 is 16.6 Å². The van der Waals surface area contributed by atoms with Crippen LogP contribution in [0.4, 0.5) is 0 Å². The van der Waals surface area contributed by atoms with Crippen LogP contribution in [0.15, 0.2) is 48.5 Å². The first kappa shape index (κ1) is 24.4. The molecule has 0 saturated heterocycles. The van der Waals surface area contributed by atoms with Crippen molar-refractivity contribution < 1.29 is 8.85 Å². The molecule has 0 amide bonds. The molecule has 0 bridgehead atoms. The van der Waals surface area contributed by atoms with Gasteiger partial charge in [-0.1, -0.05) is 88.1 Å². The Morgan fingerprint density at radius 3 is 1.42 bits per heavy atom. The number of hydrogen-bond donors (Lipinski definition) is 0. The normalized spacial score (nSPS) is 15.0. The van der Waals surface area contributed by atoms with Crippen molar-refractivity contribution in [3.63, 3.8) is 0 Å². The average molecular weight is 455 g/mol. The summed E-state index contributed by atoms with van der Waals surface area (Å²) in [6.07, 6.45) is 4.98. The van der Waals surface area contributed by atoms with E-state index in [1.165, 1.54) is 60.0 Å². The minimum absolute atomic E-state index is 0.208. The Bertz CT molecular complexity index is 788. The maximum absolute atomic E-state index is 6.85. The van der Waals surface area contributed by atoms with E-state index in [1.54, 1.807) is 0 Å². The molecular formula is C27H42O2Si2. The highest BCUT2D eigenvalue weighted by atomic mass is 28.4. The summed E-state index contributed by atoms with van der Waals surface area (Å²) in [4.78, 5) is 0. The predicted octanol–water partition coefficient (Wildman–Crippen LogP) is 8.00. The van der Waals surface area contributed by atoms with Crippen molar-refractivity contribution in [3.8, 4) is 11.1 Å². The first-order valence-electron chi connectivity index (χ1n) is 12.2. The number of unbranched alkanes of at least 4 members (excludes halogenated alkanes) is 2. The van der Waals surface area contributed by atoms with E-state index >= 15 is 0 Å². The summed E-state index contributed by atoms with van der Waals surface area (Å²) in [6.45, 7) is 15.5. The molecule has 2 aromatic rings. The Labute approximate surface area is 192 Å². The van der Waals surface area contributed by atoms with Crippen LogP contribution in [0.5, 0.6) is 0 Å². The Balaban J connectivity index is 1.97. The highest BCUT2D eigenvalue weighted by molar-refractivity contribution is 6.71. The van der Waals surface area contributed by atoms with E-state index in [4.69, 9.17) is 8.85 Å². The monoisotopic (exact) mass is 454 g/mol. The zero-order valence-electron chi connectivity index (χ0n) is 20.6. The zero-order valence-corrected chi connectivity index (χ0v) is 22.6. The molecule has 1 aliphatic carbocycles. The molecule has 3 rings (SSSR count). The van der Waals surface area contributed by atoms with Gasteiger partial charge < -0.3 is 8.85 Å². The van der Waals surface area contributed by atoms with Gasteiger partial charge in [0, 0.05) is 13.2 Å². The van der Waals surface area contributed by atoms with Crippen LogP contribution in [-0.4, -0.2) is 29.8 Å². The molecule has 0 saturated carbocycles. The Morgan fingerprint density at radius 1 is 0.645 bits per heavy atom. The van der Waals surface area contributed by atoms with Crippen LogP contribution in [0.1, 0.15) is 50.7 Å². The molecule has 2 nitrogen and oxygen atoms in total. The van der Waals surface area contributed by atoms with Gasteiger partial charge >= 0.3 is 0 Å². The van der Waals surface area contributed by atoms with Crippen molar-refractivity contribution in [2.75, 3.05) is 13.2 Å². The van der Waals surface area contributed by atoms with Gasteiger partial charge in [-0.2, -0.15) is 0 Å². The van der Waals surface area contributed by atoms with Gasteiger partial charge in [-0.25, -0.2) is 0 Å². The first-order valence-corrected chi connectivity index (χ1v) is 18.4. The van der Waals surface area contributed by atoms with Crippen LogP contribution in [0.25, 0.3) is 11.1 Å². The molecular weight excluding hydrogens is 412 g/mol. The van der Waals surface area contributed by atoms with Gasteiger partial charge in [0.2, 0.25) is 0 Å². The fourth-order valence-corrected chi connectivity index (χ4v) is 8.73. The third kappa shape index (κ3) is 5.59. The summed E-state index contributed by atoms with van der Waals surface area (Å²) in [5, 5.41) is 0. The summed E-state index contributed by atoms with van der Waals surface area (Å²) < 4.78 is 13.7. The lowest BCUT2D eigenvalue weighted by Gasteiger charge is -2.38. The Hall–Kier alpha value is -1.21. The van der Waals surface area contributed by atoms with E-state index in [9.17, 15) is 0 Å². The maximum Gasteiger partial charge on any atom is 0.186 e. The smallest absolute Gasteiger partial charge is 0.186 e. The highest BCUT2D eigenvalue weighted by Crippen LogP contribution is 2.50. The molecule has 170 valence electrons. The van der Waals surface area contributed by atoms with Gasteiger partial charge in [-0.15, -0.1) is 0 Å². The first-order chi connectivity index (χ1) is 14.7. The Morgan fingerprint density at radius 2 is 1.03 bits per heavy atom. The number of rotatable bonds is 12. The molecule has 0 spiro atoms. The lowest BCUT2D eigenvalue weighted by atomic mass is 9.80. The second-order valence-corrected chi connectivity index (χ2v) is 19.1. The fraction of sp³-hybridized carbons (Fsp3) is 0.556. The minimum atomic E-state index is -1.72. The molecule has 0 aliphatic heterocycles. The number of fused-ring (bicyclic) bond motifs is 3. The second-order valence-electron chi connectivity index (χ2n) is 10.5. The standard InChI is InChI=1S/C27H42O2Si2/c1-7-9-19-30(3,4)28-21-27(22-29-31(5,6)20-10-8-2)25-17-13-11-15-23(25)24-16-12-14-18-26(24)27/h11-18H,7-10,19-22H2,1-6H3. The van der Waals surface area contributed by atoms with Gasteiger partial charge in [0.15, 0.2) is 16.6 Å². The largest absolute Gasteiger partial charge is 0.416 e. The van der Waals surface area contributed by atoms with E-state index in [2.05, 4.69) is 88.6 Å². The van der Waals surface area contributed by atoms with Gasteiger partial charge in [-0.3, -0.25) is 0 Å². The minimum Gasteiger partial charge on any atom is -0.416 e. The third-order valence-electron chi connectivity index (χ3n) is 6.86. The van der Waals surface area contributed by atoms with E-state index in [1.807, 2.05) is 0 Å². The molecule has 0 atom stereocenters. The van der Waals surface area contributed by atoms with E-state index < -0.39 is 16.6 Å². The SMILES string of the molecule is CCCC[Si](C)(C)OCC1(CO[Si](C)(C)CCCC)c2ccccc2-c2ccccc21. The van der Waals surface area contributed by atoms with Gasteiger partial charge in [0.1, 0.15) is 0 Å². The number of hydrogen-bond acceptors (Lipinski definition) is 2. The molecule has 4 heteroatoms. The van der Waals surface area contributed by atoms with E-state index in [-0.39, 0.29) is 5.41 Å². The van der Waals surface area contributed by atoms with Crippen LogP contribution in [0.3, 0.4) is 0 Å². The molecule has 1 aliphatic rings. The lowest BCUT2D eigenvalue weighted by Crippen LogP contribution is -2.45. The summed E-state index contributed by atoms with van der Waals surface area (Å²) in [5.41, 5.74) is 5.27. The van der Waals surface area contributed by atoms with Crippen LogP contribution in [-0.2, 0) is 14.3 Å². The average Bonchev–Trinajstić information content (AvgIpc) is 3.04. The van der Waals surface area contributed by atoms with Gasteiger partial charge in [0.25, 0.3) is 0 Å². The quantitative estimate of drug-likeness (QED) is 0.302. The molecule has 2 aromatic carbocycles. The molecule has 0 unspecified atom stereocenters. The molecule has 0 fully saturated rings. The zero-order chi connectivity index (χ0) is 22.5. The van der Waals surface area contributed by atoms with Gasteiger partial charge in [-0.05, 0) is 60.5 Å². The maximum atomic E-state index is 6.85. The summed E-state index contributed by atoms with van der Waals surface area (Å²) >= 11 is 0. The van der Waals surface area contributed by atoms with Crippen molar-refractivity contribution in [2.45, 2.75) is 83.2 Å².